The molecule has 0 unspecified atom stereocenters. The molecule has 1 rings (SSSR count). The third-order valence-electron chi connectivity index (χ3n) is 1.36. The third-order valence-corrected chi connectivity index (χ3v) is 1.36. The average molecular weight is 161 g/mol. The van der Waals surface area contributed by atoms with Gasteiger partial charge in [0.05, 0.1) is 0 Å². The van der Waals surface area contributed by atoms with Crippen LogP contribution in [-0.2, 0) is 0 Å². The lowest BCUT2D eigenvalue weighted by atomic mass is 10.3. The highest BCUT2D eigenvalue weighted by atomic mass is 14.9. The fourth-order valence-electron chi connectivity index (χ4n) is 0.812. The molecule has 0 aliphatic carbocycles. The molecule has 0 aliphatic rings. The molecule has 0 aliphatic heterocycles. The molecule has 0 fully saturated rings. The summed E-state index contributed by atoms with van der Waals surface area (Å²) in [6.45, 7) is 5.40. The lowest BCUT2D eigenvalue weighted by Crippen LogP contribution is -1.91. The Morgan fingerprint density at radius 3 is 2.92 bits per heavy atom. The van der Waals surface area contributed by atoms with Crippen molar-refractivity contribution in [3.63, 3.8) is 0 Å². The quantitative estimate of drug-likeness (QED) is 0.673. The van der Waals surface area contributed by atoms with Crippen molar-refractivity contribution in [3.05, 3.63) is 30.5 Å². The summed E-state index contributed by atoms with van der Waals surface area (Å²) < 4.78 is 0. The van der Waals surface area contributed by atoms with Crippen LogP contribution >= 0.6 is 0 Å². The molecule has 1 heterocycles. The van der Waals surface area contributed by atoms with Crippen molar-refractivity contribution in [3.8, 4) is 0 Å². The van der Waals surface area contributed by atoms with Crippen LogP contribution in [0.5, 0.6) is 0 Å². The van der Waals surface area contributed by atoms with Crippen molar-refractivity contribution in [2.24, 2.45) is 4.99 Å². The van der Waals surface area contributed by atoms with Crippen molar-refractivity contribution < 1.29 is 0 Å². The SMILES string of the molecule is C=CC=Nc1ccc(C)nc1N. The molecule has 1 aromatic rings. The van der Waals surface area contributed by atoms with Crippen molar-refractivity contribution in [1.82, 2.24) is 4.98 Å². The van der Waals surface area contributed by atoms with Gasteiger partial charge in [-0.05, 0) is 19.1 Å². The number of nitrogen functional groups attached to an aromatic ring is 1. The molecule has 0 saturated heterocycles. The van der Waals surface area contributed by atoms with E-state index in [1.165, 1.54) is 0 Å². The number of aromatic nitrogens is 1. The number of hydrogen-bond donors (Lipinski definition) is 1. The van der Waals surface area contributed by atoms with E-state index in [1.807, 2.05) is 19.1 Å². The highest BCUT2D eigenvalue weighted by Gasteiger charge is 1.95. The summed E-state index contributed by atoms with van der Waals surface area (Å²) in [5, 5.41) is 0. The minimum Gasteiger partial charge on any atom is -0.382 e. The summed E-state index contributed by atoms with van der Waals surface area (Å²) in [6.07, 6.45) is 3.18. The molecule has 0 bridgehead atoms. The van der Waals surface area contributed by atoms with E-state index in [1.54, 1.807) is 12.3 Å². The van der Waals surface area contributed by atoms with Crippen LogP contribution in [0.15, 0.2) is 29.8 Å². The number of aliphatic imine (C=N–C) groups is 1. The molecule has 0 aromatic carbocycles. The van der Waals surface area contributed by atoms with Crippen LogP contribution in [0.4, 0.5) is 11.5 Å². The summed E-state index contributed by atoms with van der Waals surface area (Å²) in [5.41, 5.74) is 7.18. The molecular weight excluding hydrogens is 150 g/mol. The van der Waals surface area contributed by atoms with E-state index in [0.29, 0.717) is 11.5 Å². The number of pyridine rings is 1. The van der Waals surface area contributed by atoms with Gasteiger partial charge >= 0.3 is 0 Å². The van der Waals surface area contributed by atoms with Crippen molar-refractivity contribution >= 4 is 17.7 Å². The van der Waals surface area contributed by atoms with Gasteiger partial charge in [-0.15, -0.1) is 0 Å². The molecule has 0 amide bonds. The van der Waals surface area contributed by atoms with Gasteiger partial charge in [0.25, 0.3) is 0 Å². The molecule has 0 atom stereocenters. The molecule has 0 saturated carbocycles. The summed E-state index contributed by atoms with van der Waals surface area (Å²) in [7, 11) is 0. The Kier molecular flexibility index (Phi) is 2.58. The van der Waals surface area contributed by atoms with Gasteiger partial charge in [0.2, 0.25) is 0 Å². The Morgan fingerprint density at radius 1 is 1.58 bits per heavy atom. The number of allylic oxidation sites excluding steroid dienone is 1. The maximum Gasteiger partial charge on any atom is 0.149 e. The van der Waals surface area contributed by atoms with Crippen LogP contribution in [0, 0.1) is 6.92 Å². The molecule has 12 heavy (non-hydrogen) atoms. The van der Waals surface area contributed by atoms with Gasteiger partial charge in [-0.25, -0.2) is 4.98 Å². The van der Waals surface area contributed by atoms with E-state index in [9.17, 15) is 0 Å². The normalized spacial score (nSPS) is 10.4. The Hall–Kier alpha value is -1.64. The molecule has 1 aromatic heterocycles. The third kappa shape index (κ3) is 1.92. The van der Waals surface area contributed by atoms with Crippen LogP contribution < -0.4 is 5.73 Å². The minimum atomic E-state index is 0.452. The molecule has 0 spiro atoms. The van der Waals surface area contributed by atoms with E-state index in [4.69, 9.17) is 5.73 Å². The van der Waals surface area contributed by atoms with Gasteiger partial charge in [0.1, 0.15) is 11.5 Å². The first-order valence-corrected chi connectivity index (χ1v) is 3.62. The fourth-order valence-corrected chi connectivity index (χ4v) is 0.812. The standard InChI is InChI=1S/C9H11N3/c1-3-6-11-8-5-4-7(2)12-9(8)10/h3-6H,1H2,2H3,(H2,10,12). The van der Waals surface area contributed by atoms with Crippen molar-refractivity contribution in [2.45, 2.75) is 6.92 Å². The second-order valence-corrected chi connectivity index (χ2v) is 2.37. The monoisotopic (exact) mass is 161 g/mol. The predicted molar refractivity (Wildman–Crippen MR) is 51.7 cm³/mol. The van der Waals surface area contributed by atoms with E-state index < -0.39 is 0 Å². The lowest BCUT2D eigenvalue weighted by molar-refractivity contribution is 1.20. The maximum atomic E-state index is 5.60. The highest BCUT2D eigenvalue weighted by molar-refractivity contribution is 5.76. The van der Waals surface area contributed by atoms with Gasteiger partial charge < -0.3 is 5.73 Å². The van der Waals surface area contributed by atoms with Gasteiger partial charge in [0.15, 0.2) is 0 Å². The number of anilines is 1. The number of aryl methyl sites for hydroxylation is 1. The minimum absolute atomic E-state index is 0.452. The zero-order valence-corrected chi connectivity index (χ0v) is 6.99. The van der Waals surface area contributed by atoms with Crippen molar-refractivity contribution in [2.75, 3.05) is 5.73 Å². The Labute approximate surface area is 71.7 Å². The molecule has 3 heteroatoms. The highest BCUT2D eigenvalue weighted by Crippen LogP contribution is 2.18. The Balaban J connectivity index is 3.01. The second kappa shape index (κ2) is 3.67. The smallest absolute Gasteiger partial charge is 0.149 e. The largest absolute Gasteiger partial charge is 0.382 e. The Morgan fingerprint density at radius 2 is 2.33 bits per heavy atom. The summed E-state index contributed by atoms with van der Waals surface area (Å²) >= 11 is 0. The van der Waals surface area contributed by atoms with E-state index in [2.05, 4.69) is 16.6 Å². The first kappa shape index (κ1) is 8.46. The molecular formula is C9H11N3. The second-order valence-electron chi connectivity index (χ2n) is 2.37. The van der Waals surface area contributed by atoms with Crippen LogP contribution in [0.3, 0.4) is 0 Å². The molecule has 3 nitrogen and oxygen atoms in total. The number of rotatable bonds is 2. The number of nitrogens with two attached hydrogens (primary N) is 1. The van der Waals surface area contributed by atoms with Crippen LogP contribution in [-0.4, -0.2) is 11.2 Å². The molecule has 62 valence electrons. The van der Waals surface area contributed by atoms with Crippen LogP contribution in [0.1, 0.15) is 5.69 Å². The Bertz CT molecular complexity index is 316. The number of nitrogens with zero attached hydrogens (tertiary/aromatic N) is 2. The summed E-state index contributed by atoms with van der Waals surface area (Å²) in [6, 6.07) is 3.70. The summed E-state index contributed by atoms with van der Waals surface area (Å²) in [5.74, 6) is 0.452. The summed E-state index contributed by atoms with van der Waals surface area (Å²) in [4.78, 5) is 8.09. The lowest BCUT2D eigenvalue weighted by Gasteiger charge is -1.98. The molecule has 2 N–H and O–H groups in total. The average Bonchev–Trinajstić information content (AvgIpc) is 2.03. The van der Waals surface area contributed by atoms with Gasteiger partial charge in [-0.3, -0.25) is 4.99 Å². The first-order valence-electron chi connectivity index (χ1n) is 3.62. The van der Waals surface area contributed by atoms with E-state index in [0.717, 1.165) is 5.69 Å². The van der Waals surface area contributed by atoms with Crippen molar-refractivity contribution in [1.29, 1.82) is 0 Å². The zero-order valence-electron chi connectivity index (χ0n) is 6.99. The fraction of sp³-hybridized carbons (Fsp3) is 0.111. The van der Waals surface area contributed by atoms with E-state index >= 15 is 0 Å². The number of hydrogen-bond acceptors (Lipinski definition) is 3. The topological polar surface area (TPSA) is 51.3 Å². The van der Waals surface area contributed by atoms with Gasteiger partial charge in [-0.2, -0.15) is 0 Å². The van der Waals surface area contributed by atoms with Crippen LogP contribution in [0.2, 0.25) is 0 Å². The molecule has 0 radical (unpaired) electrons. The predicted octanol–water partition coefficient (Wildman–Crippen LogP) is 1.86. The zero-order chi connectivity index (χ0) is 8.97. The van der Waals surface area contributed by atoms with Gasteiger partial charge in [0, 0.05) is 11.9 Å². The van der Waals surface area contributed by atoms with Crippen LogP contribution in [0.25, 0.3) is 0 Å². The first-order chi connectivity index (χ1) is 5.74. The maximum absolute atomic E-state index is 5.60. The van der Waals surface area contributed by atoms with E-state index in [-0.39, 0.29) is 0 Å². The van der Waals surface area contributed by atoms with Gasteiger partial charge in [-0.1, -0.05) is 12.7 Å².